The van der Waals surface area contributed by atoms with E-state index in [2.05, 4.69) is 21.2 Å². The number of anilines is 1. The van der Waals surface area contributed by atoms with E-state index in [0.717, 1.165) is 74.9 Å². The number of halogens is 4. The van der Waals surface area contributed by atoms with Crippen LogP contribution in [0, 0.1) is 5.82 Å². The number of hydrogen-bond acceptors (Lipinski definition) is 8. The lowest BCUT2D eigenvalue weighted by molar-refractivity contribution is -0.139. The van der Waals surface area contributed by atoms with Crippen LogP contribution in [-0.2, 0) is 22.3 Å². The van der Waals surface area contributed by atoms with Crippen LogP contribution in [0.3, 0.4) is 0 Å². The molecule has 14 heteroatoms. The standard InChI is InChI=1S/C44H44F4N4O6/c45-29-6-11-34(37(23-29)44(46,47)48)36-26-58-39-24-31(53)8-13-35(39)41(36)27-4-9-32(10-5-27)57-21-3-1-2-16-50-17-19-51(20-18-50)30-7-12-33-28(22-30)25-52(43(33)56)38-14-15-40(54)49-42(38)55/h4-13,22-24,36,38,41,53H,1-3,14-21,25-26H2,(H,49,54,55)/t36?,38?,41-/m1/s1. The van der Waals surface area contributed by atoms with Crippen molar-refractivity contribution >= 4 is 23.4 Å². The number of benzene rings is 4. The molecular weight excluding hydrogens is 756 g/mol. The van der Waals surface area contributed by atoms with Crippen LogP contribution in [0.1, 0.15) is 82.1 Å². The summed E-state index contributed by atoms with van der Waals surface area (Å²) in [6.07, 6.45) is -1.34. The van der Waals surface area contributed by atoms with Gasteiger partial charge in [-0.25, -0.2) is 4.39 Å². The molecule has 58 heavy (non-hydrogen) atoms. The van der Waals surface area contributed by atoms with E-state index in [-0.39, 0.29) is 36.2 Å². The summed E-state index contributed by atoms with van der Waals surface area (Å²) >= 11 is 0. The highest BCUT2D eigenvalue weighted by molar-refractivity contribution is 6.05. The number of piperazine rings is 1. The molecule has 4 heterocycles. The van der Waals surface area contributed by atoms with Gasteiger partial charge in [-0.2, -0.15) is 13.2 Å². The average molecular weight is 801 g/mol. The number of phenolic OH excluding ortho intramolecular Hbond substituents is 1. The summed E-state index contributed by atoms with van der Waals surface area (Å²) in [5.74, 6) is -2.16. The van der Waals surface area contributed by atoms with Gasteiger partial charge in [-0.3, -0.25) is 24.6 Å². The number of carbonyl (C=O) groups excluding carboxylic acids is 3. The van der Waals surface area contributed by atoms with E-state index in [1.807, 2.05) is 36.4 Å². The predicted molar refractivity (Wildman–Crippen MR) is 207 cm³/mol. The number of rotatable bonds is 11. The van der Waals surface area contributed by atoms with E-state index >= 15 is 0 Å². The summed E-state index contributed by atoms with van der Waals surface area (Å²) in [6, 6.07) is 19.9. The normalized spacial score (nSPS) is 21.0. The van der Waals surface area contributed by atoms with Gasteiger partial charge in [-0.15, -0.1) is 0 Å². The lowest BCUT2D eigenvalue weighted by atomic mass is 9.74. The number of nitrogens with one attached hydrogen (secondary N) is 1. The second-order valence-corrected chi connectivity index (χ2v) is 15.4. The molecule has 2 unspecified atom stereocenters. The number of fused-ring (bicyclic) bond motifs is 2. The first-order valence-corrected chi connectivity index (χ1v) is 19.7. The number of alkyl halides is 3. The van der Waals surface area contributed by atoms with Crippen LogP contribution >= 0.6 is 0 Å². The SMILES string of the molecule is O=C1CCC(N2Cc3cc(N4CCN(CCCCCOc5ccc([C@@H]6c7ccc(O)cc7OCC6c6ccc(F)cc6C(F)(F)F)cc5)CC4)ccc3C2=O)C(=O)N1. The fourth-order valence-corrected chi connectivity index (χ4v) is 8.74. The Labute approximate surface area is 333 Å². The molecule has 2 saturated heterocycles. The van der Waals surface area contributed by atoms with Gasteiger partial charge in [0.1, 0.15) is 29.1 Å². The van der Waals surface area contributed by atoms with Crippen LogP contribution in [0.2, 0.25) is 0 Å². The van der Waals surface area contributed by atoms with E-state index in [4.69, 9.17) is 9.47 Å². The first kappa shape index (κ1) is 39.2. The molecule has 2 fully saturated rings. The zero-order valence-electron chi connectivity index (χ0n) is 31.8. The summed E-state index contributed by atoms with van der Waals surface area (Å²) in [6.45, 7) is 5.31. The minimum absolute atomic E-state index is 0.0184. The van der Waals surface area contributed by atoms with Gasteiger partial charge in [0.05, 0.1) is 18.8 Å². The molecule has 304 valence electrons. The average Bonchev–Trinajstić information content (AvgIpc) is 3.53. The highest BCUT2D eigenvalue weighted by Gasteiger charge is 2.42. The van der Waals surface area contributed by atoms with Crippen LogP contribution in [0.4, 0.5) is 23.2 Å². The Morgan fingerprint density at radius 1 is 0.862 bits per heavy atom. The Hall–Kier alpha value is -5.63. The number of imide groups is 1. The molecule has 0 spiro atoms. The molecule has 10 nitrogen and oxygen atoms in total. The number of amides is 3. The maximum atomic E-state index is 14.1. The fourth-order valence-electron chi connectivity index (χ4n) is 8.74. The van der Waals surface area contributed by atoms with Crippen molar-refractivity contribution in [3.05, 3.63) is 118 Å². The van der Waals surface area contributed by atoms with Gasteiger partial charge in [-0.05, 0) is 97.4 Å². The quantitative estimate of drug-likeness (QED) is 0.0950. The number of piperidine rings is 1. The lowest BCUT2D eigenvalue weighted by Crippen LogP contribution is -2.52. The van der Waals surface area contributed by atoms with Crippen molar-refractivity contribution in [2.75, 3.05) is 50.8 Å². The number of nitrogens with zero attached hydrogens (tertiary/aromatic N) is 3. The molecular formula is C44H44F4N4O6. The third-order valence-electron chi connectivity index (χ3n) is 11.7. The van der Waals surface area contributed by atoms with Gasteiger partial charge in [0, 0.05) is 73.9 Å². The van der Waals surface area contributed by atoms with Gasteiger partial charge >= 0.3 is 6.18 Å². The highest BCUT2D eigenvalue weighted by Crippen LogP contribution is 2.49. The molecule has 4 aromatic carbocycles. The van der Waals surface area contributed by atoms with Gasteiger partial charge in [0.25, 0.3) is 5.91 Å². The van der Waals surface area contributed by atoms with Crippen LogP contribution in [0.25, 0.3) is 0 Å². The molecule has 0 aliphatic carbocycles. The number of aromatic hydroxyl groups is 1. The van der Waals surface area contributed by atoms with Crippen molar-refractivity contribution in [1.29, 1.82) is 0 Å². The molecule has 0 radical (unpaired) electrons. The smallest absolute Gasteiger partial charge is 0.416 e. The summed E-state index contributed by atoms with van der Waals surface area (Å²) < 4.78 is 68.2. The molecule has 0 saturated carbocycles. The summed E-state index contributed by atoms with van der Waals surface area (Å²) in [5, 5.41) is 12.4. The third-order valence-corrected chi connectivity index (χ3v) is 11.7. The zero-order chi connectivity index (χ0) is 40.6. The number of hydrogen-bond donors (Lipinski definition) is 2. The Morgan fingerprint density at radius 3 is 2.40 bits per heavy atom. The van der Waals surface area contributed by atoms with E-state index in [9.17, 15) is 37.1 Å². The topological polar surface area (TPSA) is 112 Å². The van der Waals surface area contributed by atoms with E-state index in [1.54, 1.807) is 11.0 Å². The van der Waals surface area contributed by atoms with Crippen LogP contribution < -0.4 is 19.7 Å². The molecule has 4 aliphatic rings. The monoisotopic (exact) mass is 800 g/mol. The minimum Gasteiger partial charge on any atom is -0.508 e. The van der Waals surface area contributed by atoms with Crippen molar-refractivity contribution < 1.29 is 46.5 Å². The maximum Gasteiger partial charge on any atom is 0.416 e. The number of unbranched alkanes of at least 4 members (excludes halogenated alkanes) is 2. The predicted octanol–water partition coefficient (Wildman–Crippen LogP) is 6.99. The minimum atomic E-state index is -4.76. The summed E-state index contributed by atoms with van der Waals surface area (Å²) in [5.41, 5.74) is 2.85. The largest absolute Gasteiger partial charge is 0.508 e. The summed E-state index contributed by atoms with van der Waals surface area (Å²) in [4.78, 5) is 43.4. The second-order valence-electron chi connectivity index (χ2n) is 15.4. The molecule has 4 aliphatic heterocycles. The van der Waals surface area contributed by atoms with Crippen LogP contribution in [-0.4, -0.2) is 84.6 Å². The third kappa shape index (κ3) is 8.20. The van der Waals surface area contributed by atoms with Crippen molar-refractivity contribution in [1.82, 2.24) is 15.1 Å². The molecule has 0 aromatic heterocycles. The molecule has 2 N–H and O–H groups in total. The Morgan fingerprint density at radius 2 is 1.64 bits per heavy atom. The maximum absolute atomic E-state index is 14.1. The fraction of sp³-hybridized carbons (Fsp3) is 0.386. The number of phenols is 1. The van der Waals surface area contributed by atoms with Crippen molar-refractivity contribution in [2.45, 2.75) is 62.7 Å². The molecule has 3 atom stereocenters. The van der Waals surface area contributed by atoms with E-state index in [0.29, 0.717) is 48.3 Å². The second kappa shape index (κ2) is 16.3. The first-order chi connectivity index (χ1) is 27.9. The van der Waals surface area contributed by atoms with Gasteiger partial charge in [0.2, 0.25) is 11.8 Å². The molecule has 0 bridgehead atoms. The van der Waals surface area contributed by atoms with E-state index < -0.39 is 41.3 Å². The van der Waals surface area contributed by atoms with Crippen molar-refractivity contribution in [2.24, 2.45) is 0 Å². The van der Waals surface area contributed by atoms with Gasteiger partial charge in [-0.1, -0.05) is 24.3 Å². The van der Waals surface area contributed by atoms with Crippen molar-refractivity contribution in [3.63, 3.8) is 0 Å². The summed E-state index contributed by atoms with van der Waals surface area (Å²) in [7, 11) is 0. The first-order valence-electron chi connectivity index (χ1n) is 19.7. The number of ether oxygens (including phenoxy) is 2. The van der Waals surface area contributed by atoms with Crippen LogP contribution in [0.15, 0.2) is 78.9 Å². The molecule has 8 rings (SSSR count). The van der Waals surface area contributed by atoms with Crippen molar-refractivity contribution in [3.8, 4) is 17.2 Å². The zero-order valence-corrected chi connectivity index (χ0v) is 31.8. The van der Waals surface area contributed by atoms with Gasteiger partial charge in [0.15, 0.2) is 0 Å². The lowest BCUT2D eigenvalue weighted by Gasteiger charge is -2.36. The Kier molecular flexibility index (Phi) is 11.0. The molecule has 3 amide bonds. The highest BCUT2D eigenvalue weighted by atomic mass is 19.4. The number of carbonyl (C=O) groups is 3. The Balaban J connectivity index is 0.804. The van der Waals surface area contributed by atoms with Gasteiger partial charge < -0.3 is 24.4 Å². The Bertz CT molecular complexity index is 2190. The molecule has 4 aromatic rings. The van der Waals surface area contributed by atoms with Crippen LogP contribution in [0.5, 0.6) is 17.2 Å². The van der Waals surface area contributed by atoms with E-state index in [1.165, 1.54) is 18.2 Å².